The molecular formula is C14H18N4O3. The van der Waals surface area contributed by atoms with Gasteiger partial charge < -0.3 is 15.1 Å². The van der Waals surface area contributed by atoms with Gasteiger partial charge in [-0.1, -0.05) is 13.3 Å². The molecule has 1 aliphatic heterocycles. The molecule has 1 aromatic heterocycles. The molecule has 3 rings (SSSR count). The zero-order valence-corrected chi connectivity index (χ0v) is 11.9. The summed E-state index contributed by atoms with van der Waals surface area (Å²) >= 11 is 0. The molecule has 0 bridgehead atoms. The Balaban J connectivity index is 1.89. The fourth-order valence-corrected chi connectivity index (χ4v) is 2.81. The highest BCUT2D eigenvalue weighted by Crippen LogP contribution is 2.28. The Morgan fingerprint density at radius 1 is 1.57 bits per heavy atom. The van der Waals surface area contributed by atoms with Crippen LogP contribution in [0.3, 0.4) is 0 Å². The van der Waals surface area contributed by atoms with E-state index in [-0.39, 0.29) is 11.7 Å². The molecule has 0 amide bonds. The van der Waals surface area contributed by atoms with Crippen LogP contribution in [0.1, 0.15) is 19.8 Å². The highest BCUT2D eigenvalue weighted by molar-refractivity contribution is 5.77. The van der Waals surface area contributed by atoms with Gasteiger partial charge in [0.2, 0.25) is 0 Å². The van der Waals surface area contributed by atoms with Crippen LogP contribution in [0.25, 0.3) is 11.1 Å². The van der Waals surface area contributed by atoms with Crippen molar-refractivity contribution in [2.45, 2.75) is 25.8 Å². The van der Waals surface area contributed by atoms with Gasteiger partial charge in [0, 0.05) is 31.3 Å². The first-order valence-corrected chi connectivity index (χ1v) is 7.14. The van der Waals surface area contributed by atoms with Gasteiger partial charge in [0.15, 0.2) is 5.58 Å². The Kier molecular flexibility index (Phi) is 3.50. The van der Waals surface area contributed by atoms with Crippen molar-refractivity contribution in [1.82, 2.24) is 4.98 Å². The lowest BCUT2D eigenvalue weighted by Gasteiger charge is -2.35. The minimum absolute atomic E-state index is 0.0226. The van der Waals surface area contributed by atoms with E-state index >= 15 is 0 Å². The smallest absolute Gasteiger partial charge is 0.298 e. The van der Waals surface area contributed by atoms with E-state index in [0.717, 1.165) is 25.9 Å². The number of aromatic nitrogens is 1. The van der Waals surface area contributed by atoms with Crippen molar-refractivity contribution >= 4 is 22.8 Å². The van der Waals surface area contributed by atoms with Crippen LogP contribution < -0.4 is 10.6 Å². The van der Waals surface area contributed by atoms with E-state index in [9.17, 15) is 10.1 Å². The fourth-order valence-electron chi connectivity index (χ4n) is 2.81. The van der Waals surface area contributed by atoms with Crippen molar-refractivity contribution in [2.24, 2.45) is 11.7 Å². The first-order valence-electron chi connectivity index (χ1n) is 7.14. The van der Waals surface area contributed by atoms with Gasteiger partial charge in [0.05, 0.1) is 4.92 Å². The molecule has 0 aliphatic carbocycles. The number of nitro benzene ring substituents is 1. The van der Waals surface area contributed by atoms with Crippen LogP contribution in [0.5, 0.6) is 0 Å². The molecule has 1 aliphatic rings. The molecule has 2 unspecified atom stereocenters. The summed E-state index contributed by atoms with van der Waals surface area (Å²) in [6, 6.07) is 5.21. The van der Waals surface area contributed by atoms with Gasteiger partial charge in [0.25, 0.3) is 11.7 Å². The van der Waals surface area contributed by atoms with Gasteiger partial charge in [-0.3, -0.25) is 10.1 Å². The number of piperidine rings is 1. The number of oxazole rings is 1. The lowest BCUT2D eigenvalue weighted by molar-refractivity contribution is -0.384. The van der Waals surface area contributed by atoms with E-state index in [1.54, 1.807) is 6.07 Å². The van der Waals surface area contributed by atoms with E-state index < -0.39 is 4.92 Å². The summed E-state index contributed by atoms with van der Waals surface area (Å²) < 4.78 is 5.72. The number of non-ortho nitro benzene ring substituents is 1. The first-order chi connectivity index (χ1) is 10.1. The van der Waals surface area contributed by atoms with Gasteiger partial charge in [-0.25, -0.2) is 0 Å². The largest absolute Gasteiger partial charge is 0.423 e. The zero-order chi connectivity index (χ0) is 15.0. The number of rotatable bonds is 3. The van der Waals surface area contributed by atoms with Crippen LogP contribution in [0, 0.1) is 16.0 Å². The number of benzene rings is 1. The van der Waals surface area contributed by atoms with Gasteiger partial charge in [-0.05, 0) is 18.4 Å². The fraction of sp³-hybridized carbons (Fsp3) is 0.500. The van der Waals surface area contributed by atoms with Crippen LogP contribution in [0.15, 0.2) is 22.6 Å². The van der Waals surface area contributed by atoms with Crippen LogP contribution in [-0.4, -0.2) is 29.0 Å². The second kappa shape index (κ2) is 5.33. The Labute approximate surface area is 121 Å². The highest BCUT2D eigenvalue weighted by atomic mass is 16.6. The average Bonchev–Trinajstić information content (AvgIpc) is 2.90. The standard InChI is InChI=1S/C14H18N4O3/c1-2-9-8-17(6-5-11(9)15)14-16-12-7-10(18(19)20)3-4-13(12)21-14/h3-4,7,9,11H,2,5-6,8,15H2,1H3. The van der Waals surface area contributed by atoms with Gasteiger partial charge >= 0.3 is 0 Å². The second-order valence-electron chi connectivity index (χ2n) is 5.47. The maximum absolute atomic E-state index is 10.8. The number of fused-ring (bicyclic) bond motifs is 1. The van der Waals surface area contributed by atoms with Crippen molar-refractivity contribution in [1.29, 1.82) is 0 Å². The van der Waals surface area contributed by atoms with Crippen molar-refractivity contribution < 1.29 is 9.34 Å². The van der Waals surface area contributed by atoms with E-state index in [2.05, 4.69) is 16.8 Å². The Bertz CT molecular complexity index is 669. The molecule has 1 saturated heterocycles. The van der Waals surface area contributed by atoms with Crippen molar-refractivity contribution in [3.63, 3.8) is 0 Å². The summed E-state index contributed by atoms with van der Waals surface area (Å²) in [6.07, 6.45) is 1.92. The lowest BCUT2D eigenvalue weighted by atomic mass is 9.91. The van der Waals surface area contributed by atoms with Crippen molar-refractivity contribution in [3.05, 3.63) is 28.3 Å². The number of hydrogen-bond acceptors (Lipinski definition) is 6. The Morgan fingerprint density at radius 2 is 2.38 bits per heavy atom. The molecule has 0 spiro atoms. The normalized spacial score (nSPS) is 22.7. The molecule has 0 saturated carbocycles. The molecule has 1 fully saturated rings. The molecule has 112 valence electrons. The maximum atomic E-state index is 10.8. The molecule has 1 aromatic carbocycles. The topological polar surface area (TPSA) is 98.4 Å². The third-order valence-corrected chi connectivity index (χ3v) is 4.16. The summed E-state index contributed by atoms with van der Waals surface area (Å²) in [5, 5.41) is 10.8. The van der Waals surface area contributed by atoms with Crippen molar-refractivity contribution in [3.8, 4) is 0 Å². The van der Waals surface area contributed by atoms with Crippen molar-refractivity contribution in [2.75, 3.05) is 18.0 Å². The lowest BCUT2D eigenvalue weighted by Crippen LogP contribution is -2.47. The Hall–Kier alpha value is -2.15. The summed E-state index contributed by atoms with van der Waals surface area (Å²) in [6.45, 7) is 3.74. The first kappa shape index (κ1) is 13.8. The molecular weight excluding hydrogens is 272 g/mol. The van der Waals surface area contributed by atoms with Gasteiger partial charge in [-0.15, -0.1) is 0 Å². The molecule has 2 heterocycles. The SMILES string of the molecule is CCC1CN(c2nc3cc([N+](=O)[O-])ccc3o2)CCC1N. The number of nitrogens with two attached hydrogens (primary N) is 1. The molecule has 2 N–H and O–H groups in total. The summed E-state index contributed by atoms with van der Waals surface area (Å²) in [5.41, 5.74) is 7.21. The highest BCUT2D eigenvalue weighted by Gasteiger charge is 2.28. The van der Waals surface area contributed by atoms with Gasteiger partial charge in [0.1, 0.15) is 5.52 Å². The third kappa shape index (κ3) is 2.56. The predicted octanol–water partition coefficient (Wildman–Crippen LogP) is 2.30. The maximum Gasteiger partial charge on any atom is 0.298 e. The summed E-state index contributed by atoms with van der Waals surface area (Å²) in [7, 11) is 0. The monoisotopic (exact) mass is 290 g/mol. The van der Waals surface area contributed by atoms with Crippen LogP contribution >= 0.6 is 0 Å². The third-order valence-electron chi connectivity index (χ3n) is 4.16. The molecule has 21 heavy (non-hydrogen) atoms. The second-order valence-corrected chi connectivity index (χ2v) is 5.47. The quantitative estimate of drug-likeness (QED) is 0.688. The van der Waals surface area contributed by atoms with E-state index in [1.165, 1.54) is 12.1 Å². The number of hydrogen-bond donors (Lipinski definition) is 1. The number of anilines is 1. The number of nitro groups is 1. The zero-order valence-electron chi connectivity index (χ0n) is 11.9. The Morgan fingerprint density at radius 3 is 3.10 bits per heavy atom. The molecule has 2 aromatic rings. The van der Waals surface area contributed by atoms with Crippen LogP contribution in [-0.2, 0) is 0 Å². The van der Waals surface area contributed by atoms with E-state index in [0.29, 0.717) is 23.0 Å². The van der Waals surface area contributed by atoms with Crippen LogP contribution in [0.4, 0.5) is 11.7 Å². The van der Waals surface area contributed by atoms with Crippen LogP contribution in [0.2, 0.25) is 0 Å². The summed E-state index contributed by atoms with van der Waals surface area (Å²) in [4.78, 5) is 16.8. The average molecular weight is 290 g/mol. The van der Waals surface area contributed by atoms with Gasteiger partial charge in [-0.2, -0.15) is 4.98 Å². The predicted molar refractivity (Wildman–Crippen MR) is 79.2 cm³/mol. The van der Waals surface area contributed by atoms with E-state index in [4.69, 9.17) is 10.2 Å². The molecule has 0 radical (unpaired) electrons. The molecule has 7 heteroatoms. The van der Waals surface area contributed by atoms with E-state index in [1.807, 2.05) is 0 Å². The summed E-state index contributed by atoms with van der Waals surface area (Å²) in [5.74, 6) is 0.420. The minimum Gasteiger partial charge on any atom is -0.423 e. The number of nitrogens with zero attached hydrogens (tertiary/aromatic N) is 3. The molecule has 7 nitrogen and oxygen atoms in total. The minimum atomic E-state index is -0.430. The molecule has 2 atom stereocenters.